The summed E-state index contributed by atoms with van der Waals surface area (Å²) in [5.41, 5.74) is 0.320. The Morgan fingerprint density at radius 2 is 1.35 bits per heavy atom. The maximum Gasteiger partial charge on any atom is 0.271 e. The van der Waals surface area contributed by atoms with Gasteiger partial charge in [0.1, 0.15) is 0 Å². The van der Waals surface area contributed by atoms with Gasteiger partial charge < -0.3 is 9.84 Å². The van der Waals surface area contributed by atoms with Crippen molar-refractivity contribution in [3.05, 3.63) is 103 Å². The number of carbonyl (C=O) groups excluding carboxylic acids is 4. The van der Waals surface area contributed by atoms with E-state index in [1.807, 2.05) is 0 Å². The number of rotatable bonds is 6. The molecule has 0 unspecified atom stereocenters. The first kappa shape index (κ1) is 31.2. The van der Waals surface area contributed by atoms with Crippen LogP contribution in [0.3, 0.4) is 0 Å². The Kier molecular flexibility index (Phi) is 7.38. The van der Waals surface area contributed by atoms with E-state index in [-0.39, 0.29) is 52.7 Å². The van der Waals surface area contributed by atoms with Crippen LogP contribution in [0.4, 0.5) is 22.7 Å². The van der Waals surface area contributed by atoms with E-state index in [2.05, 4.69) is 15.9 Å². The van der Waals surface area contributed by atoms with Crippen LogP contribution in [0.25, 0.3) is 0 Å². The number of nitrogens with zero attached hydrogens (tertiary/aromatic N) is 4. The lowest BCUT2D eigenvalue weighted by Gasteiger charge is -2.44. The highest BCUT2D eigenvalue weighted by atomic mass is 79.9. The van der Waals surface area contributed by atoms with Crippen molar-refractivity contribution in [3.63, 3.8) is 0 Å². The Hall–Kier alpha value is -5.44. The number of phenolic OH excluding ortho intramolecular Hbond substituents is 1. The number of phenols is 1. The van der Waals surface area contributed by atoms with Gasteiger partial charge in [0.2, 0.25) is 23.6 Å². The molecule has 0 radical (unpaired) electrons. The first-order valence-corrected chi connectivity index (χ1v) is 15.7. The Bertz CT molecular complexity index is 2010. The minimum atomic E-state index is -1.05. The number of aromatic hydroxyl groups is 1. The highest BCUT2D eigenvalue weighted by Crippen LogP contribution is 2.60. The van der Waals surface area contributed by atoms with E-state index in [4.69, 9.17) is 4.74 Å². The van der Waals surface area contributed by atoms with Crippen molar-refractivity contribution in [3.8, 4) is 11.5 Å². The number of fused-ring (bicyclic) bond motifs is 4. The number of amides is 4. The zero-order valence-electron chi connectivity index (χ0n) is 25.0. The number of halogens is 1. The summed E-state index contributed by atoms with van der Waals surface area (Å²) in [6, 6.07) is 13.6. The SMILES string of the molecule is COc1cc(Br)cc([C@H]2C3=CC[C@@H]4C(=O)N(c5cccc([N+](=O)[O-])c5)C(=O)[C@@H]4[C@@H]3C[C@H]3C(=O)N(c4cccc([N+](=O)[O-])c4)C(=O)[C@@H]23)c1O. The van der Waals surface area contributed by atoms with Crippen molar-refractivity contribution >= 4 is 62.3 Å². The molecule has 2 aliphatic carbocycles. The molecule has 14 nitrogen and oxygen atoms in total. The number of anilines is 2. The molecule has 48 heavy (non-hydrogen) atoms. The molecule has 0 bridgehead atoms. The van der Waals surface area contributed by atoms with Gasteiger partial charge in [-0.1, -0.05) is 39.7 Å². The van der Waals surface area contributed by atoms with Crippen molar-refractivity contribution in [1.29, 1.82) is 0 Å². The summed E-state index contributed by atoms with van der Waals surface area (Å²) in [6.07, 6.45) is 1.91. The smallest absolute Gasteiger partial charge is 0.271 e. The Morgan fingerprint density at radius 3 is 1.92 bits per heavy atom. The van der Waals surface area contributed by atoms with E-state index in [0.717, 1.165) is 21.9 Å². The maximum absolute atomic E-state index is 14.3. The van der Waals surface area contributed by atoms with Crippen molar-refractivity contribution in [2.75, 3.05) is 16.9 Å². The Morgan fingerprint density at radius 1 is 0.792 bits per heavy atom. The topological polar surface area (TPSA) is 190 Å². The molecule has 1 N–H and O–H groups in total. The highest BCUT2D eigenvalue weighted by molar-refractivity contribution is 9.10. The molecular formula is C33H25BrN4O10. The van der Waals surface area contributed by atoms with Gasteiger partial charge in [0, 0.05) is 40.2 Å². The monoisotopic (exact) mass is 716 g/mol. The summed E-state index contributed by atoms with van der Waals surface area (Å²) >= 11 is 3.43. The number of imide groups is 2. The van der Waals surface area contributed by atoms with Crippen LogP contribution in [0.15, 0.2) is 76.8 Å². The Balaban J connectivity index is 1.36. The van der Waals surface area contributed by atoms with E-state index in [1.165, 1.54) is 49.6 Å². The molecule has 6 atom stereocenters. The summed E-state index contributed by atoms with van der Waals surface area (Å²) in [5, 5.41) is 34.4. The van der Waals surface area contributed by atoms with E-state index in [1.54, 1.807) is 12.1 Å². The number of non-ortho nitro benzene ring substituents is 2. The van der Waals surface area contributed by atoms with Crippen LogP contribution in [0.5, 0.6) is 11.5 Å². The molecule has 2 aliphatic heterocycles. The molecule has 0 spiro atoms. The third-order valence-electron chi connectivity index (χ3n) is 9.87. The van der Waals surface area contributed by atoms with E-state index >= 15 is 0 Å². The number of nitro benzene ring substituents is 2. The van der Waals surface area contributed by atoms with Gasteiger partial charge in [-0.15, -0.1) is 0 Å². The van der Waals surface area contributed by atoms with Gasteiger partial charge in [0.05, 0.1) is 52.0 Å². The summed E-state index contributed by atoms with van der Waals surface area (Å²) in [7, 11) is 1.36. The second kappa shape index (κ2) is 11.4. The fourth-order valence-corrected chi connectivity index (χ4v) is 8.38. The highest BCUT2D eigenvalue weighted by Gasteiger charge is 2.62. The lowest BCUT2D eigenvalue weighted by Crippen LogP contribution is -2.43. The molecule has 7 rings (SSSR count). The van der Waals surface area contributed by atoms with Gasteiger partial charge in [-0.3, -0.25) is 39.4 Å². The fraction of sp³-hybridized carbons (Fsp3) is 0.273. The van der Waals surface area contributed by atoms with Crippen molar-refractivity contribution in [2.45, 2.75) is 18.8 Å². The largest absolute Gasteiger partial charge is 0.504 e. The van der Waals surface area contributed by atoms with Gasteiger partial charge in [0.15, 0.2) is 11.5 Å². The lowest BCUT2D eigenvalue weighted by atomic mass is 9.57. The van der Waals surface area contributed by atoms with Gasteiger partial charge >= 0.3 is 0 Å². The number of nitro groups is 2. The molecule has 15 heteroatoms. The number of carbonyl (C=O) groups is 4. The molecule has 244 valence electrons. The average Bonchev–Trinajstić information content (AvgIpc) is 3.48. The zero-order chi connectivity index (χ0) is 34.2. The fourth-order valence-electron chi connectivity index (χ4n) is 7.92. The second-order valence-electron chi connectivity index (χ2n) is 12.1. The standard InChI is InChI=1S/C33H25BrN4O10/c1-48-25-11-15(34)10-23(29(25)39)26-20-8-9-21-27(32(42)35(30(21)40)16-4-2-6-18(12-16)37(44)45)22(20)14-24-28(26)33(43)36(31(24)41)17-5-3-7-19(13-17)38(46)47/h2-8,10-13,21-22,24,26-28,39H,9,14H2,1H3/t21-,22+,24+,26+,27-,28+/m0/s1. The van der Waals surface area contributed by atoms with Crippen LogP contribution in [-0.4, -0.2) is 45.7 Å². The van der Waals surface area contributed by atoms with Crippen LogP contribution in [0.2, 0.25) is 0 Å². The molecule has 4 aliphatic rings. The molecule has 3 aromatic carbocycles. The van der Waals surface area contributed by atoms with Crippen molar-refractivity contribution in [1.82, 2.24) is 0 Å². The normalized spacial score (nSPS) is 26.2. The van der Waals surface area contributed by atoms with Crippen LogP contribution in [0.1, 0.15) is 24.3 Å². The predicted octanol–water partition coefficient (Wildman–Crippen LogP) is 5.02. The summed E-state index contributed by atoms with van der Waals surface area (Å²) in [6.45, 7) is 0. The van der Waals surface area contributed by atoms with Gasteiger partial charge in [-0.05, 0) is 43.0 Å². The predicted molar refractivity (Wildman–Crippen MR) is 171 cm³/mol. The number of benzene rings is 3. The molecule has 3 fully saturated rings. The first-order valence-electron chi connectivity index (χ1n) is 14.9. The third kappa shape index (κ3) is 4.59. The van der Waals surface area contributed by atoms with Crippen LogP contribution >= 0.6 is 15.9 Å². The molecule has 3 aromatic rings. The molecule has 1 saturated carbocycles. The average molecular weight is 717 g/mol. The summed E-state index contributed by atoms with van der Waals surface area (Å²) in [5.74, 6) is -8.02. The maximum atomic E-state index is 14.3. The molecular weight excluding hydrogens is 692 g/mol. The van der Waals surface area contributed by atoms with E-state index in [9.17, 15) is 44.5 Å². The minimum Gasteiger partial charge on any atom is -0.504 e. The van der Waals surface area contributed by atoms with Crippen LogP contribution in [0, 0.1) is 49.8 Å². The second-order valence-corrected chi connectivity index (χ2v) is 13.1. The number of hydrogen-bond acceptors (Lipinski definition) is 10. The minimum absolute atomic E-state index is 0.0118. The molecule has 2 saturated heterocycles. The first-order chi connectivity index (χ1) is 22.9. The number of hydrogen-bond donors (Lipinski definition) is 1. The third-order valence-corrected chi connectivity index (χ3v) is 10.3. The lowest BCUT2D eigenvalue weighted by molar-refractivity contribution is -0.385. The quantitative estimate of drug-likeness (QED) is 0.157. The van der Waals surface area contributed by atoms with Crippen LogP contribution < -0.4 is 14.5 Å². The summed E-state index contributed by atoms with van der Waals surface area (Å²) in [4.78, 5) is 80.0. The molecule has 0 aromatic heterocycles. The molecule has 4 amide bonds. The van der Waals surface area contributed by atoms with Gasteiger partial charge in [0.25, 0.3) is 11.4 Å². The molecule has 2 heterocycles. The van der Waals surface area contributed by atoms with Gasteiger partial charge in [-0.2, -0.15) is 0 Å². The summed E-state index contributed by atoms with van der Waals surface area (Å²) < 4.78 is 5.90. The Labute approximate surface area is 280 Å². The van der Waals surface area contributed by atoms with Gasteiger partial charge in [-0.25, -0.2) is 9.80 Å². The van der Waals surface area contributed by atoms with Crippen molar-refractivity contribution in [2.24, 2.45) is 29.6 Å². The zero-order valence-corrected chi connectivity index (χ0v) is 26.6. The van der Waals surface area contributed by atoms with E-state index < -0.39 is 69.0 Å². The number of allylic oxidation sites excluding steroid dienone is 2. The number of ether oxygens (including phenoxy) is 1. The van der Waals surface area contributed by atoms with Crippen LogP contribution in [-0.2, 0) is 19.2 Å². The van der Waals surface area contributed by atoms with E-state index in [0.29, 0.717) is 10.0 Å². The number of methoxy groups -OCH3 is 1. The van der Waals surface area contributed by atoms with Crippen molar-refractivity contribution < 1.29 is 38.9 Å².